The highest BCUT2D eigenvalue weighted by molar-refractivity contribution is 5.94. The molecule has 0 amide bonds. The van der Waals surface area contributed by atoms with Crippen molar-refractivity contribution in [3.05, 3.63) is 88.9 Å². The molecule has 27 heavy (non-hydrogen) atoms. The molecular weight excluding hydrogens is 348 g/mol. The summed E-state index contributed by atoms with van der Waals surface area (Å²) in [4.78, 5) is 16.4. The van der Waals surface area contributed by atoms with E-state index in [-0.39, 0.29) is 11.3 Å². The zero-order valence-corrected chi connectivity index (χ0v) is 15.1. The molecule has 0 radical (unpaired) electrons. The first kappa shape index (κ1) is 18.7. The van der Waals surface area contributed by atoms with Gasteiger partial charge in [-0.3, -0.25) is 4.99 Å². The van der Waals surface area contributed by atoms with Gasteiger partial charge in [0.1, 0.15) is 5.76 Å². The molecule has 1 aromatic carbocycles. The normalized spacial score (nSPS) is 16.6. The number of ether oxygens (including phenoxy) is 1. The van der Waals surface area contributed by atoms with Gasteiger partial charge >= 0.3 is 5.97 Å². The molecule has 1 aliphatic heterocycles. The lowest BCUT2D eigenvalue weighted by molar-refractivity contribution is 0.0612. The maximum atomic E-state index is 14.6. The number of halogens is 2. The second-order valence-corrected chi connectivity index (χ2v) is 6.39. The average molecular weight is 367 g/mol. The highest BCUT2D eigenvalue weighted by Gasteiger charge is 2.22. The predicted octanol–water partition coefficient (Wildman–Crippen LogP) is 5.67. The van der Waals surface area contributed by atoms with E-state index in [1.807, 2.05) is 19.1 Å². The first-order valence-corrected chi connectivity index (χ1v) is 8.60. The van der Waals surface area contributed by atoms with E-state index in [2.05, 4.69) is 4.99 Å². The molecule has 3 rings (SSSR count). The minimum absolute atomic E-state index is 0.100. The molecule has 0 bridgehead atoms. The van der Waals surface area contributed by atoms with Crippen molar-refractivity contribution in [3.63, 3.8) is 0 Å². The Kier molecular flexibility index (Phi) is 5.60. The Bertz CT molecular complexity index is 963. The lowest BCUT2D eigenvalue weighted by Crippen LogP contribution is -2.10. The Balaban J connectivity index is 1.87. The van der Waals surface area contributed by atoms with Crippen LogP contribution in [-0.4, -0.2) is 11.7 Å². The maximum absolute atomic E-state index is 14.6. The molecule has 0 unspecified atom stereocenters. The van der Waals surface area contributed by atoms with Crippen LogP contribution in [0.5, 0.6) is 0 Å². The highest BCUT2D eigenvalue weighted by Crippen LogP contribution is 2.27. The first-order valence-electron chi connectivity index (χ1n) is 8.60. The van der Waals surface area contributed by atoms with Crippen molar-refractivity contribution in [2.75, 3.05) is 0 Å². The molecule has 138 valence electrons. The SMILES string of the molecule is CC1=CC=C(c2ccc(C(=O)OC3=CN=C(C)C=CC3)c(F)c2F)C=CC1. The summed E-state index contributed by atoms with van der Waals surface area (Å²) in [6, 6.07) is 2.64. The molecule has 3 nitrogen and oxygen atoms in total. The Labute approximate surface area is 156 Å². The number of esters is 1. The first-order chi connectivity index (χ1) is 13.0. The van der Waals surface area contributed by atoms with Crippen LogP contribution in [-0.2, 0) is 4.74 Å². The largest absolute Gasteiger partial charge is 0.425 e. The Morgan fingerprint density at radius 2 is 1.81 bits per heavy atom. The maximum Gasteiger partial charge on any atom is 0.346 e. The minimum Gasteiger partial charge on any atom is -0.425 e. The number of benzene rings is 1. The third kappa shape index (κ3) is 4.37. The average Bonchev–Trinajstić information content (AvgIpc) is 2.97. The van der Waals surface area contributed by atoms with Crippen molar-refractivity contribution in [2.45, 2.75) is 26.7 Å². The molecule has 5 heteroatoms. The minimum atomic E-state index is -1.22. The van der Waals surface area contributed by atoms with Crippen LogP contribution in [0.1, 0.15) is 42.6 Å². The molecule has 0 saturated heterocycles. The molecule has 0 aromatic heterocycles. The second kappa shape index (κ2) is 8.08. The summed E-state index contributed by atoms with van der Waals surface area (Å²) in [6.45, 7) is 3.77. The van der Waals surface area contributed by atoms with Gasteiger partial charge in [0.15, 0.2) is 11.6 Å². The highest BCUT2D eigenvalue weighted by atomic mass is 19.2. The third-order valence-electron chi connectivity index (χ3n) is 4.21. The van der Waals surface area contributed by atoms with Crippen molar-refractivity contribution in [1.82, 2.24) is 0 Å². The molecular formula is C22H19F2NO2. The number of allylic oxidation sites excluding steroid dienone is 8. The van der Waals surface area contributed by atoms with Crippen molar-refractivity contribution in [3.8, 4) is 0 Å². The lowest BCUT2D eigenvalue weighted by Gasteiger charge is -2.10. The van der Waals surface area contributed by atoms with E-state index in [1.165, 1.54) is 18.3 Å². The number of hydrogen-bond donors (Lipinski definition) is 0. The predicted molar refractivity (Wildman–Crippen MR) is 102 cm³/mol. The molecule has 0 atom stereocenters. The van der Waals surface area contributed by atoms with Gasteiger partial charge < -0.3 is 4.74 Å². The van der Waals surface area contributed by atoms with Crippen LogP contribution in [0, 0.1) is 11.6 Å². The van der Waals surface area contributed by atoms with Gasteiger partial charge in [0, 0.05) is 17.7 Å². The number of nitrogens with zero attached hydrogens (tertiary/aromatic N) is 1. The molecule has 1 aromatic rings. The molecule has 0 fully saturated rings. The Morgan fingerprint density at radius 3 is 2.63 bits per heavy atom. The summed E-state index contributed by atoms with van der Waals surface area (Å²) >= 11 is 0. The van der Waals surface area contributed by atoms with Gasteiger partial charge in [-0.15, -0.1) is 0 Å². The van der Waals surface area contributed by atoms with Crippen molar-refractivity contribution >= 4 is 17.3 Å². The molecule has 1 heterocycles. The topological polar surface area (TPSA) is 38.7 Å². The van der Waals surface area contributed by atoms with E-state index in [1.54, 1.807) is 31.2 Å². The molecule has 0 N–H and O–H groups in total. The molecule has 1 aliphatic carbocycles. The van der Waals surface area contributed by atoms with Crippen LogP contribution in [0.4, 0.5) is 8.78 Å². The number of hydrogen-bond acceptors (Lipinski definition) is 3. The molecule has 2 aliphatic rings. The summed E-state index contributed by atoms with van der Waals surface area (Å²) in [5.74, 6) is -2.97. The van der Waals surface area contributed by atoms with Gasteiger partial charge in [-0.1, -0.05) is 42.0 Å². The van der Waals surface area contributed by atoms with Crippen LogP contribution < -0.4 is 0 Å². The van der Waals surface area contributed by atoms with Gasteiger partial charge in [0.25, 0.3) is 0 Å². The fourth-order valence-electron chi connectivity index (χ4n) is 2.69. The van der Waals surface area contributed by atoms with E-state index in [9.17, 15) is 13.6 Å². The number of carbonyl (C=O) groups excluding carboxylic acids is 1. The summed E-state index contributed by atoms with van der Waals surface area (Å²) in [6.07, 6.45) is 13.3. The smallest absolute Gasteiger partial charge is 0.346 e. The van der Waals surface area contributed by atoms with Gasteiger partial charge in [0.05, 0.1) is 11.8 Å². The molecule has 0 spiro atoms. The second-order valence-electron chi connectivity index (χ2n) is 6.39. The van der Waals surface area contributed by atoms with Crippen LogP contribution in [0.15, 0.2) is 71.1 Å². The zero-order chi connectivity index (χ0) is 19.4. The number of carbonyl (C=O) groups is 1. The lowest BCUT2D eigenvalue weighted by atomic mass is 10.0. The number of rotatable bonds is 3. The Hall–Kier alpha value is -3.08. The zero-order valence-electron chi connectivity index (χ0n) is 15.1. The van der Waals surface area contributed by atoms with E-state index in [0.29, 0.717) is 12.0 Å². The van der Waals surface area contributed by atoms with Gasteiger partial charge in [0.2, 0.25) is 0 Å². The third-order valence-corrected chi connectivity index (χ3v) is 4.21. The van der Waals surface area contributed by atoms with E-state index >= 15 is 0 Å². The number of aliphatic imine (C=N–C) groups is 1. The van der Waals surface area contributed by atoms with E-state index in [0.717, 1.165) is 17.7 Å². The summed E-state index contributed by atoms with van der Waals surface area (Å²) in [5.41, 5.74) is 2.08. The van der Waals surface area contributed by atoms with Gasteiger partial charge in [-0.05, 0) is 38.0 Å². The van der Waals surface area contributed by atoms with Gasteiger partial charge in [-0.2, -0.15) is 0 Å². The van der Waals surface area contributed by atoms with Crippen LogP contribution in [0.25, 0.3) is 5.57 Å². The standard InChI is InChI=1S/C22H19F2NO2/c1-14-5-3-7-16(10-9-14)18-11-12-19(21(24)20(18)23)22(26)27-17-8-4-6-15(2)25-13-17/h3-4,6-7,9-13H,5,8H2,1-2H3. The monoisotopic (exact) mass is 367 g/mol. The fraction of sp³-hybridized carbons (Fsp3) is 0.182. The molecule has 0 saturated carbocycles. The summed E-state index contributed by atoms with van der Waals surface area (Å²) in [5, 5.41) is 0. The van der Waals surface area contributed by atoms with Crippen LogP contribution >= 0.6 is 0 Å². The Morgan fingerprint density at radius 1 is 1.04 bits per heavy atom. The summed E-state index contributed by atoms with van der Waals surface area (Å²) in [7, 11) is 0. The van der Waals surface area contributed by atoms with Crippen molar-refractivity contribution in [1.29, 1.82) is 0 Å². The van der Waals surface area contributed by atoms with Gasteiger partial charge in [-0.25, -0.2) is 13.6 Å². The van der Waals surface area contributed by atoms with Crippen molar-refractivity contribution < 1.29 is 18.3 Å². The summed E-state index contributed by atoms with van der Waals surface area (Å²) < 4.78 is 34.3. The fourth-order valence-corrected chi connectivity index (χ4v) is 2.69. The van der Waals surface area contributed by atoms with Crippen LogP contribution in [0.3, 0.4) is 0 Å². The van der Waals surface area contributed by atoms with E-state index in [4.69, 9.17) is 4.74 Å². The van der Waals surface area contributed by atoms with Crippen LogP contribution in [0.2, 0.25) is 0 Å². The quantitative estimate of drug-likeness (QED) is 0.645. The van der Waals surface area contributed by atoms with E-state index < -0.39 is 23.2 Å². The van der Waals surface area contributed by atoms with Crippen molar-refractivity contribution in [2.24, 2.45) is 4.99 Å².